The first kappa shape index (κ1) is 21.5. The lowest BCUT2D eigenvalue weighted by Crippen LogP contribution is -2.35. The third-order valence-corrected chi connectivity index (χ3v) is 7.73. The Kier molecular flexibility index (Phi) is 7.45. The maximum Gasteiger partial charge on any atom is 0.213 e. The molecule has 2 aromatic rings. The molecule has 6 nitrogen and oxygen atoms in total. The van der Waals surface area contributed by atoms with Crippen LogP contribution in [0.1, 0.15) is 11.1 Å². The highest BCUT2D eigenvalue weighted by Gasteiger charge is 2.33. The molecule has 0 aliphatic heterocycles. The van der Waals surface area contributed by atoms with E-state index < -0.39 is 7.51 Å². The summed E-state index contributed by atoms with van der Waals surface area (Å²) in [6.07, 6.45) is 0. The van der Waals surface area contributed by atoms with Crippen LogP contribution in [-0.2, 0) is 0 Å². The Morgan fingerprint density at radius 3 is 1.63 bits per heavy atom. The van der Waals surface area contributed by atoms with Gasteiger partial charge in [-0.15, -0.1) is 0 Å². The maximum atomic E-state index is 5.98. The van der Waals surface area contributed by atoms with Gasteiger partial charge in [-0.1, -0.05) is 40.3 Å². The Bertz CT molecular complexity index is 762. The summed E-state index contributed by atoms with van der Waals surface area (Å²) in [5.74, 6) is 1.56. The van der Waals surface area contributed by atoms with Crippen LogP contribution in [0.5, 0.6) is 11.5 Å². The second-order valence-electron chi connectivity index (χ2n) is 6.96. The largest absolute Gasteiger partial charge is 0.478 e. The van der Waals surface area contributed by atoms with Crippen LogP contribution in [0.3, 0.4) is 0 Å². The number of ether oxygens (including phenoxy) is 1. The van der Waals surface area contributed by atoms with E-state index >= 15 is 0 Å². The highest BCUT2D eigenvalue weighted by Crippen LogP contribution is 2.55. The summed E-state index contributed by atoms with van der Waals surface area (Å²) >= 11 is 0. The third-order valence-electron chi connectivity index (χ3n) is 4.25. The van der Waals surface area contributed by atoms with Crippen LogP contribution in [-0.4, -0.2) is 56.0 Å². The van der Waals surface area contributed by atoms with Gasteiger partial charge in [0.15, 0.2) is 5.75 Å². The molecule has 0 aliphatic carbocycles. The fourth-order valence-electron chi connectivity index (χ4n) is 2.76. The molecule has 0 bridgehead atoms. The van der Waals surface area contributed by atoms with Crippen molar-refractivity contribution in [1.82, 2.24) is 14.0 Å². The van der Waals surface area contributed by atoms with Crippen LogP contribution >= 0.6 is 7.51 Å². The minimum Gasteiger partial charge on any atom is -0.478 e. The van der Waals surface area contributed by atoms with Crippen LogP contribution in [0.15, 0.2) is 53.4 Å². The van der Waals surface area contributed by atoms with Crippen molar-refractivity contribution >= 4 is 7.51 Å². The van der Waals surface area contributed by atoms with Crippen LogP contribution in [0.2, 0.25) is 0 Å². The van der Waals surface area contributed by atoms with Gasteiger partial charge in [-0.2, -0.15) is 0 Å². The molecule has 0 N–H and O–H groups in total. The molecule has 0 saturated carbocycles. The molecule has 0 spiro atoms. The van der Waals surface area contributed by atoms with Gasteiger partial charge in [-0.05, 0) is 73.4 Å². The van der Waals surface area contributed by atoms with Gasteiger partial charge in [0.1, 0.15) is 12.5 Å². The van der Waals surface area contributed by atoms with Gasteiger partial charge in [0.2, 0.25) is 7.51 Å². The van der Waals surface area contributed by atoms with E-state index in [9.17, 15) is 0 Å². The summed E-state index contributed by atoms with van der Waals surface area (Å²) in [5, 5.41) is 0. The third kappa shape index (κ3) is 5.33. The Morgan fingerprint density at radius 2 is 1.19 bits per heavy atom. The summed E-state index contributed by atoms with van der Waals surface area (Å²) in [6.45, 7) is 4.51. The quantitative estimate of drug-likeness (QED) is 0.373. The number of benzene rings is 2. The summed E-state index contributed by atoms with van der Waals surface area (Å²) in [7, 11) is 7.78. The van der Waals surface area contributed by atoms with Gasteiger partial charge in [-0.25, -0.2) is 14.0 Å². The summed E-state index contributed by atoms with van der Waals surface area (Å²) in [4.78, 5) is 10.5. The van der Waals surface area contributed by atoms with E-state index in [1.165, 1.54) is 11.1 Å². The van der Waals surface area contributed by atoms with Crippen molar-refractivity contribution in [3.05, 3.63) is 59.7 Å². The molecule has 2 aromatic carbocycles. The SMILES string of the molecule is Cc1ccc(OCN(C)P(=NOc2ccc(C)cc2)(N(C)C)N(C)C)cc1. The molecule has 0 aromatic heterocycles. The van der Waals surface area contributed by atoms with Crippen LogP contribution in [0, 0.1) is 13.8 Å². The number of rotatable bonds is 8. The smallest absolute Gasteiger partial charge is 0.213 e. The lowest BCUT2D eigenvalue weighted by atomic mass is 10.2. The fraction of sp³-hybridized carbons (Fsp3) is 0.400. The van der Waals surface area contributed by atoms with Gasteiger partial charge in [-0.3, -0.25) is 0 Å². The standard InChI is InChI=1S/C20H31N4O2P/c1-17-8-12-19(13-9-17)25-16-24(7)27(22(3)4,23(5)6)21-26-20-14-10-18(2)11-15-20/h8-15H,16H2,1-7H3. The van der Waals surface area contributed by atoms with Crippen molar-refractivity contribution in [2.45, 2.75) is 13.8 Å². The summed E-state index contributed by atoms with van der Waals surface area (Å²) < 4.78 is 12.3. The van der Waals surface area contributed by atoms with Crippen molar-refractivity contribution in [3.8, 4) is 11.5 Å². The first-order valence-electron chi connectivity index (χ1n) is 8.87. The molecular formula is C20H31N4O2P. The Morgan fingerprint density at radius 1 is 0.741 bits per heavy atom. The molecule has 0 atom stereocenters. The molecule has 148 valence electrons. The monoisotopic (exact) mass is 390 g/mol. The van der Waals surface area contributed by atoms with E-state index in [1.54, 1.807) is 0 Å². The normalized spacial score (nSPS) is 11.9. The van der Waals surface area contributed by atoms with Gasteiger partial charge < -0.3 is 9.57 Å². The fourth-order valence-corrected chi connectivity index (χ4v) is 5.53. The minimum absolute atomic E-state index is 0.397. The molecule has 0 radical (unpaired) electrons. The number of nitrogens with zero attached hydrogens (tertiary/aromatic N) is 4. The Balaban J connectivity index is 2.24. The Labute approximate surface area is 163 Å². The van der Waals surface area contributed by atoms with E-state index in [0.29, 0.717) is 6.73 Å². The molecular weight excluding hydrogens is 359 g/mol. The predicted octanol–water partition coefficient (Wildman–Crippen LogP) is 4.63. The molecule has 0 amide bonds. The lowest BCUT2D eigenvalue weighted by molar-refractivity contribution is 0.207. The second-order valence-corrected chi connectivity index (χ2v) is 10.5. The highest BCUT2D eigenvalue weighted by atomic mass is 31.2. The van der Waals surface area contributed by atoms with E-state index in [2.05, 4.69) is 25.8 Å². The van der Waals surface area contributed by atoms with Crippen molar-refractivity contribution in [1.29, 1.82) is 0 Å². The first-order valence-corrected chi connectivity index (χ1v) is 10.5. The molecule has 0 fully saturated rings. The van der Waals surface area contributed by atoms with Crippen LogP contribution in [0.4, 0.5) is 0 Å². The number of aryl methyl sites for hydroxylation is 2. The molecule has 0 aliphatic rings. The van der Waals surface area contributed by atoms with E-state index in [1.807, 2.05) is 90.7 Å². The molecule has 7 heteroatoms. The number of hydrogen-bond acceptors (Lipinski definition) is 3. The van der Waals surface area contributed by atoms with Crippen LogP contribution in [0.25, 0.3) is 0 Å². The summed E-state index contributed by atoms with van der Waals surface area (Å²) in [5.41, 5.74) is 2.40. The zero-order chi connectivity index (χ0) is 20.0. The molecule has 0 unspecified atom stereocenters. The van der Waals surface area contributed by atoms with Gasteiger partial charge in [0, 0.05) is 0 Å². The molecule has 0 saturated heterocycles. The highest BCUT2D eigenvalue weighted by molar-refractivity contribution is 7.58. The zero-order valence-electron chi connectivity index (χ0n) is 17.4. The van der Waals surface area contributed by atoms with Crippen LogP contribution < -0.4 is 9.57 Å². The summed E-state index contributed by atoms with van der Waals surface area (Å²) in [6, 6.07) is 15.9. The molecule has 27 heavy (non-hydrogen) atoms. The lowest BCUT2D eigenvalue weighted by Gasteiger charge is -2.40. The van der Waals surface area contributed by atoms with Gasteiger partial charge >= 0.3 is 0 Å². The average molecular weight is 390 g/mol. The zero-order valence-corrected chi connectivity index (χ0v) is 18.3. The topological polar surface area (TPSA) is 40.5 Å². The van der Waals surface area contributed by atoms with Gasteiger partial charge in [0.25, 0.3) is 0 Å². The van der Waals surface area contributed by atoms with E-state index in [-0.39, 0.29) is 0 Å². The van der Waals surface area contributed by atoms with Crippen molar-refractivity contribution in [3.63, 3.8) is 0 Å². The Hall–Kier alpha value is -1.85. The predicted molar refractivity (Wildman–Crippen MR) is 113 cm³/mol. The second kappa shape index (κ2) is 9.38. The van der Waals surface area contributed by atoms with Crippen molar-refractivity contribution in [2.24, 2.45) is 4.91 Å². The minimum atomic E-state index is -2.28. The average Bonchev–Trinajstić information content (AvgIpc) is 2.62. The molecule has 0 heterocycles. The van der Waals surface area contributed by atoms with Crippen molar-refractivity contribution in [2.75, 3.05) is 42.0 Å². The number of hydrogen-bond donors (Lipinski definition) is 0. The maximum absolute atomic E-state index is 5.98. The van der Waals surface area contributed by atoms with E-state index in [4.69, 9.17) is 9.57 Å². The van der Waals surface area contributed by atoms with E-state index in [0.717, 1.165) is 11.5 Å². The molecule has 2 rings (SSSR count). The first-order chi connectivity index (χ1) is 12.8. The van der Waals surface area contributed by atoms with Gasteiger partial charge in [0.05, 0.1) is 0 Å². The van der Waals surface area contributed by atoms with Crippen molar-refractivity contribution < 1.29 is 9.57 Å².